The highest BCUT2D eigenvalue weighted by atomic mass is 16.5. The zero-order chi connectivity index (χ0) is 14.4. The van der Waals surface area contributed by atoms with E-state index in [-0.39, 0.29) is 5.91 Å². The first kappa shape index (κ1) is 15.5. The molecule has 1 amide bonds. The number of hydrogen-bond donors (Lipinski definition) is 1. The lowest BCUT2D eigenvalue weighted by Gasteiger charge is -2.25. The Balaban J connectivity index is 2.58. The van der Waals surface area contributed by atoms with Crippen LogP contribution in [0.2, 0.25) is 0 Å². The van der Waals surface area contributed by atoms with Crippen molar-refractivity contribution in [1.82, 2.24) is 10.3 Å². The molecular formula is C15H24N2O2. The van der Waals surface area contributed by atoms with Gasteiger partial charge in [-0.3, -0.25) is 4.79 Å². The van der Waals surface area contributed by atoms with Crippen molar-refractivity contribution >= 4 is 5.91 Å². The summed E-state index contributed by atoms with van der Waals surface area (Å²) in [7, 11) is 1.55. The van der Waals surface area contributed by atoms with E-state index in [0.29, 0.717) is 35.7 Å². The molecule has 0 fully saturated rings. The number of pyridine rings is 1. The molecular weight excluding hydrogens is 240 g/mol. The van der Waals surface area contributed by atoms with Crippen LogP contribution in [0.25, 0.3) is 0 Å². The van der Waals surface area contributed by atoms with E-state index in [4.69, 9.17) is 4.74 Å². The average molecular weight is 264 g/mol. The predicted molar refractivity (Wildman–Crippen MR) is 76.3 cm³/mol. The van der Waals surface area contributed by atoms with Crippen LogP contribution < -0.4 is 10.1 Å². The molecule has 0 unspecified atom stereocenters. The van der Waals surface area contributed by atoms with Crippen LogP contribution in [-0.2, 0) is 0 Å². The minimum atomic E-state index is -0.0820. The Kier molecular flexibility index (Phi) is 5.80. The molecule has 0 atom stereocenters. The van der Waals surface area contributed by atoms with Crippen molar-refractivity contribution in [2.24, 2.45) is 17.8 Å². The fourth-order valence-electron chi connectivity index (χ4n) is 2.19. The quantitative estimate of drug-likeness (QED) is 0.859. The molecule has 0 saturated heterocycles. The number of ether oxygens (including phenoxy) is 1. The van der Waals surface area contributed by atoms with Crippen molar-refractivity contribution in [1.29, 1.82) is 0 Å². The summed E-state index contributed by atoms with van der Waals surface area (Å²) in [6, 6.07) is 3.41. The molecule has 1 rings (SSSR count). The van der Waals surface area contributed by atoms with Gasteiger partial charge in [0.25, 0.3) is 5.91 Å². The number of methoxy groups -OCH3 is 1. The molecule has 0 aliphatic heterocycles. The van der Waals surface area contributed by atoms with E-state index < -0.39 is 0 Å². The molecule has 4 heteroatoms. The van der Waals surface area contributed by atoms with Gasteiger partial charge in [-0.2, -0.15) is 0 Å². The summed E-state index contributed by atoms with van der Waals surface area (Å²) in [4.78, 5) is 16.0. The molecule has 0 bridgehead atoms. The lowest BCUT2D eigenvalue weighted by atomic mass is 9.85. The topological polar surface area (TPSA) is 51.2 Å². The summed E-state index contributed by atoms with van der Waals surface area (Å²) in [6.45, 7) is 9.44. The fraction of sp³-hybridized carbons (Fsp3) is 0.600. The van der Waals surface area contributed by atoms with E-state index in [0.717, 1.165) is 0 Å². The minimum absolute atomic E-state index is 0.0820. The summed E-state index contributed by atoms with van der Waals surface area (Å²) in [6.07, 6.45) is 1.54. The van der Waals surface area contributed by atoms with Crippen LogP contribution in [0.3, 0.4) is 0 Å². The van der Waals surface area contributed by atoms with Crippen LogP contribution >= 0.6 is 0 Å². The second kappa shape index (κ2) is 7.12. The average Bonchev–Trinajstić information content (AvgIpc) is 2.38. The molecule has 1 aromatic heterocycles. The van der Waals surface area contributed by atoms with Gasteiger partial charge in [-0.05, 0) is 23.8 Å². The number of aromatic nitrogens is 1. The summed E-state index contributed by atoms with van der Waals surface area (Å²) in [5.74, 6) is 2.01. The van der Waals surface area contributed by atoms with Gasteiger partial charge in [0, 0.05) is 18.8 Å². The fourth-order valence-corrected chi connectivity index (χ4v) is 2.19. The maximum absolute atomic E-state index is 12.0. The third kappa shape index (κ3) is 4.54. The molecule has 4 nitrogen and oxygen atoms in total. The van der Waals surface area contributed by atoms with Gasteiger partial charge >= 0.3 is 0 Å². The lowest BCUT2D eigenvalue weighted by molar-refractivity contribution is 0.0936. The van der Waals surface area contributed by atoms with Gasteiger partial charge in [0.15, 0.2) is 0 Å². The molecule has 1 aromatic rings. The maximum atomic E-state index is 12.0. The Morgan fingerprint density at radius 2 is 1.89 bits per heavy atom. The molecule has 1 heterocycles. The molecule has 0 aliphatic carbocycles. The Bertz CT molecular complexity index is 391. The van der Waals surface area contributed by atoms with Gasteiger partial charge in [0.2, 0.25) is 5.88 Å². The monoisotopic (exact) mass is 264 g/mol. The molecule has 0 aliphatic rings. The number of nitrogens with one attached hydrogen (secondary N) is 1. The number of hydrogen-bond acceptors (Lipinski definition) is 3. The first-order valence-corrected chi connectivity index (χ1v) is 6.74. The number of carbonyl (C=O) groups is 1. The molecule has 1 N–H and O–H groups in total. The Labute approximate surface area is 115 Å². The highest BCUT2D eigenvalue weighted by molar-refractivity contribution is 5.93. The predicted octanol–water partition coefficient (Wildman–Crippen LogP) is 2.75. The minimum Gasteiger partial charge on any atom is -0.481 e. The van der Waals surface area contributed by atoms with E-state index in [2.05, 4.69) is 38.0 Å². The van der Waals surface area contributed by atoms with Gasteiger partial charge in [-0.1, -0.05) is 27.7 Å². The lowest BCUT2D eigenvalue weighted by Crippen LogP contribution is -2.33. The van der Waals surface area contributed by atoms with Gasteiger partial charge in [-0.25, -0.2) is 4.98 Å². The van der Waals surface area contributed by atoms with Gasteiger partial charge < -0.3 is 10.1 Å². The molecule has 19 heavy (non-hydrogen) atoms. The van der Waals surface area contributed by atoms with Crippen molar-refractivity contribution in [3.63, 3.8) is 0 Å². The third-order valence-corrected chi connectivity index (χ3v) is 3.42. The van der Waals surface area contributed by atoms with Crippen LogP contribution in [-0.4, -0.2) is 24.5 Å². The molecule has 0 radical (unpaired) electrons. The summed E-state index contributed by atoms with van der Waals surface area (Å²) in [5, 5.41) is 2.98. The number of rotatable bonds is 6. The van der Waals surface area contributed by atoms with E-state index in [1.807, 2.05) is 0 Å². The largest absolute Gasteiger partial charge is 0.481 e. The number of nitrogens with zero attached hydrogens (tertiary/aromatic N) is 1. The summed E-state index contributed by atoms with van der Waals surface area (Å²) in [5.41, 5.74) is 0.562. The second-order valence-corrected chi connectivity index (χ2v) is 5.45. The molecule has 0 saturated carbocycles. The van der Waals surface area contributed by atoms with Crippen molar-refractivity contribution in [3.8, 4) is 5.88 Å². The van der Waals surface area contributed by atoms with E-state index in [1.54, 1.807) is 19.2 Å². The first-order valence-electron chi connectivity index (χ1n) is 6.74. The third-order valence-electron chi connectivity index (χ3n) is 3.42. The van der Waals surface area contributed by atoms with Crippen LogP contribution in [0.1, 0.15) is 38.1 Å². The van der Waals surface area contributed by atoms with Crippen molar-refractivity contribution < 1.29 is 9.53 Å². The zero-order valence-electron chi connectivity index (χ0n) is 12.4. The van der Waals surface area contributed by atoms with Crippen LogP contribution in [0.15, 0.2) is 18.3 Å². The number of amides is 1. The van der Waals surface area contributed by atoms with Gasteiger partial charge in [0.05, 0.1) is 12.7 Å². The van der Waals surface area contributed by atoms with Crippen molar-refractivity contribution in [3.05, 3.63) is 23.9 Å². The normalized spacial score (nSPS) is 11.2. The number of carbonyl (C=O) groups excluding carboxylic acids is 1. The van der Waals surface area contributed by atoms with Crippen LogP contribution in [0, 0.1) is 17.8 Å². The van der Waals surface area contributed by atoms with Crippen LogP contribution in [0.4, 0.5) is 0 Å². The zero-order valence-corrected chi connectivity index (χ0v) is 12.4. The second-order valence-electron chi connectivity index (χ2n) is 5.45. The van der Waals surface area contributed by atoms with Gasteiger partial charge in [-0.15, -0.1) is 0 Å². The highest BCUT2D eigenvalue weighted by Gasteiger charge is 2.18. The maximum Gasteiger partial charge on any atom is 0.252 e. The summed E-state index contributed by atoms with van der Waals surface area (Å²) < 4.78 is 4.97. The van der Waals surface area contributed by atoms with E-state index in [1.165, 1.54) is 6.20 Å². The van der Waals surface area contributed by atoms with Crippen LogP contribution in [0.5, 0.6) is 5.88 Å². The standard InChI is InChI=1S/C15H24N2O2/c1-10(2)13(11(3)4)9-17-15(18)12-6-7-14(19-5)16-8-12/h6-8,10-11,13H,9H2,1-5H3,(H,17,18). The molecule has 0 aromatic carbocycles. The first-order chi connectivity index (χ1) is 8.95. The highest BCUT2D eigenvalue weighted by Crippen LogP contribution is 2.19. The summed E-state index contributed by atoms with van der Waals surface area (Å²) >= 11 is 0. The van der Waals surface area contributed by atoms with Crippen molar-refractivity contribution in [2.75, 3.05) is 13.7 Å². The Morgan fingerprint density at radius 3 is 2.32 bits per heavy atom. The SMILES string of the molecule is COc1ccc(C(=O)NCC(C(C)C)C(C)C)cn1. The van der Waals surface area contributed by atoms with Crippen molar-refractivity contribution in [2.45, 2.75) is 27.7 Å². The Hall–Kier alpha value is -1.58. The van der Waals surface area contributed by atoms with E-state index in [9.17, 15) is 4.79 Å². The van der Waals surface area contributed by atoms with Gasteiger partial charge in [0.1, 0.15) is 0 Å². The Morgan fingerprint density at radius 1 is 1.26 bits per heavy atom. The smallest absolute Gasteiger partial charge is 0.252 e. The molecule has 0 spiro atoms. The molecule has 106 valence electrons. The van der Waals surface area contributed by atoms with E-state index >= 15 is 0 Å².